The fourth-order valence-electron chi connectivity index (χ4n) is 3.26. The van der Waals surface area contributed by atoms with Crippen LogP contribution in [-0.2, 0) is 12.8 Å². The van der Waals surface area contributed by atoms with Gasteiger partial charge in [0.2, 0.25) is 0 Å². The molecule has 1 atom stereocenters. The third-order valence-electron chi connectivity index (χ3n) is 4.60. The molecule has 1 aliphatic rings. The fourth-order valence-corrected chi connectivity index (χ4v) is 3.26. The molecule has 0 saturated heterocycles. The van der Waals surface area contributed by atoms with E-state index >= 15 is 0 Å². The van der Waals surface area contributed by atoms with Crippen molar-refractivity contribution in [2.45, 2.75) is 39.0 Å². The minimum Gasteiger partial charge on any atom is -0.406 e. The molecule has 0 amide bonds. The molecule has 2 aromatic carbocycles. The Morgan fingerprint density at radius 2 is 1.79 bits per heavy atom. The Bertz CT molecular complexity index is 719. The Kier molecular flexibility index (Phi) is 4.52. The van der Waals surface area contributed by atoms with Crippen molar-refractivity contribution in [1.82, 2.24) is 0 Å². The van der Waals surface area contributed by atoms with E-state index < -0.39 is 6.36 Å². The number of alkyl halides is 3. The summed E-state index contributed by atoms with van der Waals surface area (Å²) in [6.45, 7) is 2.14. The number of hydrogen-bond donors (Lipinski definition) is 0. The van der Waals surface area contributed by atoms with Crippen molar-refractivity contribution in [3.63, 3.8) is 0 Å². The van der Waals surface area contributed by atoms with Crippen LogP contribution < -0.4 is 4.74 Å². The number of aryl methyl sites for hydroxylation is 1. The van der Waals surface area contributed by atoms with E-state index in [1.807, 2.05) is 6.07 Å². The highest BCUT2D eigenvalue weighted by Gasteiger charge is 2.31. The van der Waals surface area contributed by atoms with Crippen LogP contribution in [0.4, 0.5) is 17.6 Å². The normalized spacial score (nSPS) is 17.5. The van der Waals surface area contributed by atoms with Gasteiger partial charge in [0, 0.05) is 5.56 Å². The molecule has 1 nitrogen and oxygen atoms in total. The monoisotopic (exact) mass is 338 g/mol. The Hall–Kier alpha value is -2.04. The zero-order valence-electron chi connectivity index (χ0n) is 13.3. The van der Waals surface area contributed by atoms with E-state index in [1.54, 1.807) is 6.07 Å². The third-order valence-corrected chi connectivity index (χ3v) is 4.60. The summed E-state index contributed by atoms with van der Waals surface area (Å²) in [5.74, 6) is -0.0491. The molecule has 0 spiro atoms. The maximum atomic E-state index is 14.5. The summed E-state index contributed by atoms with van der Waals surface area (Å²) in [7, 11) is 0. The minimum atomic E-state index is -4.73. The van der Waals surface area contributed by atoms with Gasteiger partial charge in [0.05, 0.1) is 0 Å². The molecule has 0 aliphatic heterocycles. The lowest BCUT2D eigenvalue weighted by Crippen LogP contribution is -2.17. The van der Waals surface area contributed by atoms with E-state index in [-0.39, 0.29) is 11.6 Å². The molecule has 3 rings (SSSR count). The average Bonchev–Trinajstić information content (AvgIpc) is 2.53. The van der Waals surface area contributed by atoms with E-state index in [1.165, 1.54) is 24.3 Å². The molecule has 0 N–H and O–H groups in total. The molecule has 0 heterocycles. The minimum absolute atomic E-state index is 0.310. The highest BCUT2D eigenvalue weighted by molar-refractivity contribution is 5.66. The van der Waals surface area contributed by atoms with Crippen molar-refractivity contribution < 1.29 is 22.3 Å². The summed E-state index contributed by atoms with van der Waals surface area (Å²) in [6.07, 6.45) is -0.747. The Labute approximate surface area is 138 Å². The molecule has 1 aliphatic carbocycles. The van der Waals surface area contributed by atoms with Crippen LogP contribution in [0.25, 0.3) is 11.1 Å². The van der Waals surface area contributed by atoms with Gasteiger partial charge in [0.15, 0.2) is 0 Å². The van der Waals surface area contributed by atoms with Crippen molar-refractivity contribution in [2.75, 3.05) is 0 Å². The molecular weight excluding hydrogens is 320 g/mol. The lowest BCUT2D eigenvalue weighted by molar-refractivity contribution is -0.274. The first-order valence-corrected chi connectivity index (χ1v) is 8.03. The molecule has 5 heteroatoms. The number of fused-ring (bicyclic) bond motifs is 1. The molecule has 0 fully saturated rings. The Balaban J connectivity index is 1.87. The zero-order chi connectivity index (χ0) is 17.3. The maximum Gasteiger partial charge on any atom is 0.573 e. The lowest BCUT2D eigenvalue weighted by Gasteiger charge is -2.24. The summed E-state index contributed by atoms with van der Waals surface area (Å²) in [5.41, 5.74) is 3.14. The Morgan fingerprint density at radius 1 is 1.08 bits per heavy atom. The van der Waals surface area contributed by atoms with E-state index in [2.05, 4.69) is 11.7 Å². The first-order valence-electron chi connectivity index (χ1n) is 8.03. The smallest absolute Gasteiger partial charge is 0.406 e. The van der Waals surface area contributed by atoms with Crippen molar-refractivity contribution in [3.8, 4) is 16.9 Å². The lowest BCUT2D eigenvalue weighted by atomic mass is 9.81. The molecule has 0 radical (unpaired) electrons. The number of halogens is 4. The van der Waals surface area contributed by atoms with Gasteiger partial charge < -0.3 is 4.74 Å². The van der Waals surface area contributed by atoms with Crippen molar-refractivity contribution in [2.24, 2.45) is 5.92 Å². The van der Waals surface area contributed by atoms with Gasteiger partial charge in [-0.05, 0) is 66.1 Å². The second-order valence-corrected chi connectivity index (χ2v) is 6.19. The first kappa shape index (κ1) is 16.8. The van der Waals surface area contributed by atoms with E-state index in [9.17, 15) is 17.6 Å². The molecule has 0 bridgehead atoms. The Morgan fingerprint density at radius 3 is 2.42 bits per heavy atom. The van der Waals surface area contributed by atoms with Gasteiger partial charge in [-0.3, -0.25) is 0 Å². The largest absolute Gasteiger partial charge is 0.573 e. The average molecular weight is 338 g/mol. The number of hydrogen-bond acceptors (Lipinski definition) is 1. The van der Waals surface area contributed by atoms with Gasteiger partial charge in [0.25, 0.3) is 0 Å². The van der Waals surface area contributed by atoms with Crippen LogP contribution in [0.1, 0.15) is 30.9 Å². The number of ether oxygens (including phenoxy) is 1. The van der Waals surface area contributed by atoms with Gasteiger partial charge >= 0.3 is 6.36 Å². The molecule has 0 aromatic heterocycles. The SMILES string of the molecule is CCC1CCc2cc(-c3ccc(OC(F)(F)F)cc3)c(F)cc2C1. The molecule has 24 heavy (non-hydrogen) atoms. The fraction of sp³-hybridized carbons (Fsp3) is 0.368. The summed E-state index contributed by atoms with van der Waals surface area (Å²) in [5, 5.41) is 0. The topological polar surface area (TPSA) is 9.23 Å². The second-order valence-electron chi connectivity index (χ2n) is 6.19. The van der Waals surface area contributed by atoms with Crippen molar-refractivity contribution in [1.29, 1.82) is 0 Å². The molecule has 2 aromatic rings. The van der Waals surface area contributed by atoms with E-state index in [0.29, 0.717) is 17.0 Å². The van der Waals surface area contributed by atoms with Crippen LogP contribution in [0.2, 0.25) is 0 Å². The molecule has 128 valence electrons. The summed E-state index contributed by atoms with van der Waals surface area (Å²) >= 11 is 0. The molecule has 0 saturated carbocycles. The van der Waals surface area contributed by atoms with Gasteiger partial charge in [0.1, 0.15) is 11.6 Å². The standard InChI is InChI=1S/C19H18F4O/c1-2-12-3-4-14-10-17(18(20)11-15(14)9-12)13-5-7-16(8-6-13)24-19(21,22)23/h5-8,10-12H,2-4,9H2,1H3. The van der Waals surface area contributed by atoms with Gasteiger partial charge in [-0.15, -0.1) is 13.2 Å². The third kappa shape index (κ3) is 3.71. The van der Waals surface area contributed by atoms with E-state index in [4.69, 9.17) is 0 Å². The summed E-state index contributed by atoms with van der Waals surface area (Å²) in [6, 6.07) is 8.71. The van der Waals surface area contributed by atoms with Crippen LogP contribution in [-0.4, -0.2) is 6.36 Å². The second kappa shape index (κ2) is 6.46. The molecular formula is C19H18F4O. The van der Waals surface area contributed by atoms with Gasteiger partial charge in [-0.25, -0.2) is 4.39 Å². The highest BCUT2D eigenvalue weighted by atomic mass is 19.4. The van der Waals surface area contributed by atoms with Crippen LogP contribution in [0.15, 0.2) is 36.4 Å². The number of rotatable bonds is 3. The van der Waals surface area contributed by atoms with Crippen molar-refractivity contribution >= 4 is 0 Å². The predicted molar refractivity (Wildman–Crippen MR) is 84.3 cm³/mol. The van der Waals surface area contributed by atoms with Gasteiger partial charge in [-0.1, -0.05) is 25.5 Å². The van der Waals surface area contributed by atoms with Crippen LogP contribution in [0, 0.1) is 11.7 Å². The van der Waals surface area contributed by atoms with Crippen LogP contribution in [0.5, 0.6) is 5.75 Å². The predicted octanol–water partition coefficient (Wildman–Crippen LogP) is 5.91. The van der Waals surface area contributed by atoms with Crippen LogP contribution in [0.3, 0.4) is 0 Å². The van der Waals surface area contributed by atoms with Crippen LogP contribution >= 0.6 is 0 Å². The van der Waals surface area contributed by atoms with E-state index in [0.717, 1.165) is 36.8 Å². The summed E-state index contributed by atoms with van der Waals surface area (Å²) in [4.78, 5) is 0. The van der Waals surface area contributed by atoms with Gasteiger partial charge in [-0.2, -0.15) is 0 Å². The van der Waals surface area contributed by atoms with Crippen molar-refractivity contribution in [3.05, 3.63) is 53.3 Å². The first-order chi connectivity index (χ1) is 11.4. The zero-order valence-corrected chi connectivity index (χ0v) is 13.3. The maximum absolute atomic E-state index is 14.5. The number of benzene rings is 2. The quantitative estimate of drug-likeness (QED) is 0.633. The molecule has 1 unspecified atom stereocenters. The highest BCUT2D eigenvalue weighted by Crippen LogP contribution is 2.34. The summed E-state index contributed by atoms with van der Waals surface area (Å²) < 4.78 is 54.9.